The minimum atomic E-state index is -1.30. The summed E-state index contributed by atoms with van der Waals surface area (Å²) in [5.74, 6) is 0. The summed E-state index contributed by atoms with van der Waals surface area (Å²) in [7, 11) is -1.30. The van der Waals surface area contributed by atoms with E-state index in [1.807, 2.05) is 12.2 Å². The van der Waals surface area contributed by atoms with Gasteiger partial charge in [0.1, 0.15) is 0 Å². The third-order valence-electron chi connectivity index (χ3n) is 9.27. The van der Waals surface area contributed by atoms with Gasteiger partial charge in [-0.15, -0.1) is 0 Å². The fourth-order valence-electron chi connectivity index (χ4n) is 6.83. The Morgan fingerprint density at radius 1 is 0.912 bits per heavy atom. The van der Waals surface area contributed by atoms with Crippen LogP contribution >= 0.6 is 0 Å². The smallest absolute Gasteiger partial charge is 1.00 e. The van der Waals surface area contributed by atoms with Crippen molar-refractivity contribution in [3.63, 3.8) is 0 Å². The molecule has 1 fully saturated rings. The first kappa shape index (κ1) is 28.2. The zero-order valence-electron chi connectivity index (χ0n) is 21.6. The molecule has 1 heterocycles. The Hall–Kier alpha value is -0.413. The second-order valence-corrected chi connectivity index (χ2v) is 20.5. The number of fused-ring (bicyclic) bond motifs is 3. The zero-order valence-corrected chi connectivity index (χ0v) is 27.7. The molecule has 0 N–H and O–H groups in total. The first-order chi connectivity index (χ1) is 15.3. The first-order valence-electron chi connectivity index (χ1n) is 12.7. The van der Waals surface area contributed by atoms with Crippen LogP contribution in [0.3, 0.4) is 0 Å². The summed E-state index contributed by atoms with van der Waals surface area (Å²) in [6, 6.07) is 21.5. The number of benzene rings is 2. The molecule has 1 atom stereocenters. The van der Waals surface area contributed by atoms with Gasteiger partial charge in [0.05, 0.1) is 0 Å². The molecule has 2 aromatic carbocycles. The largest absolute Gasteiger partial charge is 1.00 e. The number of rotatable bonds is 6. The Labute approximate surface area is 232 Å². The van der Waals surface area contributed by atoms with Crippen LogP contribution in [0.1, 0.15) is 77.5 Å². The molecular weight excluding hydrogens is 638 g/mol. The van der Waals surface area contributed by atoms with Gasteiger partial charge in [-0.25, -0.2) is 0 Å². The Morgan fingerprint density at radius 2 is 1.59 bits per heavy atom. The van der Waals surface area contributed by atoms with E-state index in [0.29, 0.717) is 0 Å². The van der Waals surface area contributed by atoms with Gasteiger partial charge in [0.15, 0.2) is 0 Å². The molecule has 1 unspecified atom stereocenters. The van der Waals surface area contributed by atoms with Crippen molar-refractivity contribution in [2.45, 2.75) is 84.5 Å². The normalized spacial score (nSPS) is 21.2. The number of allylic oxidation sites excluding steroid dienone is 4. The SMILES string of the molecule is CCCC[Si]1(C2c3ccccc3-c3ccc[c]([Hf+2][C]4=C(C)C(C)=C(C)C4(C)C)c32)CCC1.[Cl-].[Cl-]. The summed E-state index contributed by atoms with van der Waals surface area (Å²) in [5.41, 5.74) is 12.5. The van der Waals surface area contributed by atoms with Crippen molar-refractivity contribution < 1.29 is 47.7 Å². The molecule has 34 heavy (non-hydrogen) atoms. The second kappa shape index (κ2) is 10.5. The van der Waals surface area contributed by atoms with E-state index in [4.69, 9.17) is 0 Å². The topological polar surface area (TPSA) is 0 Å². The van der Waals surface area contributed by atoms with Crippen LogP contribution in [-0.2, 0) is 22.9 Å². The second-order valence-electron chi connectivity index (χ2n) is 11.1. The van der Waals surface area contributed by atoms with Crippen molar-refractivity contribution in [3.8, 4) is 11.1 Å². The zero-order chi connectivity index (χ0) is 22.7. The molecule has 0 nitrogen and oxygen atoms in total. The van der Waals surface area contributed by atoms with Gasteiger partial charge < -0.3 is 24.8 Å². The Bertz CT molecular complexity index is 1140. The van der Waals surface area contributed by atoms with Crippen LogP contribution < -0.4 is 28.1 Å². The standard InChI is InChI=1S/C20H23Si.C10H15.2ClH.Hf/c1-2-3-13-21(14-8-15-21)20-18-11-6-4-9-16(18)17-10-5-7-12-19(17)20;1-7-6-10(4,5)9(3)8(7)2;;;/h4-7,9-11,20H,2-3,8,13-15H2,1H3;1-5H3;2*1H;/q;;;;+2/p-2. The summed E-state index contributed by atoms with van der Waals surface area (Å²) >= 11 is -1.17. The number of unbranched alkanes of at least 4 members (excludes halogenated alkanes) is 1. The number of hydrogen-bond donors (Lipinski definition) is 0. The molecule has 1 aliphatic heterocycles. The van der Waals surface area contributed by atoms with E-state index in [9.17, 15) is 0 Å². The van der Waals surface area contributed by atoms with Gasteiger partial charge in [-0.1, -0.05) is 0 Å². The first-order valence-corrected chi connectivity index (χ1v) is 19.0. The van der Waals surface area contributed by atoms with E-state index in [0.717, 1.165) is 5.54 Å². The molecule has 4 heteroatoms. The summed E-state index contributed by atoms with van der Waals surface area (Å²) in [5, 5.41) is 0. The van der Waals surface area contributed by atoms with E-state index < -0.39 is 31.0 Å². The minimum absolute atomic E-state index is 0. The van der Waals surface area contributed by atoms with Crippen molar-refractivity contribution >= 4 is 11.4 Å². The molecule has 1 saturated heterocycles. The van der Waals surface area contributed by atoms with E-state index in [-0.39, 0.29) is 30.2 Å². The fraction of sp³-hybridized carbons (Fsp3) is 0.467. The predicted octanol–water partition coefficient (Wildman–Crippen LogP) is 2.36. The molecule has 2 aromatic rings. The molecule has 0 bridgehead atoms. The fourth-order valence-corrected chi connectivity index (χ4v) is 19.1. The molecule has 5 rings (SSSR count). The molecule has 2 aliphatic carbocycles. The molecule has 0 radical (unpaired) electrons. The van der Waals surface area contributed by atoms with Gasteiger partial charge in [0.25, 0.3) is 0 Å². The molecule has 0 aromatic heterocycles. The maximum absolute atomic E-state index is 2.56. The van der Waals surface area contributed by atoms with Gasteiger partial charge in [-0.05, 0) is 0 Å². The summed E-state index contributed by atoms with van der Waals surface area (Å²) in [6.45, 7) is 14.5. The minimum Gasteiger partial charge on any atom is -1.00 e. The molecule has 0 spiro atoms. The average molecular weight is 676 g/mol. The predicted molar refractivity (Wildman–Crippen MR) is 138 cm³/mol. The number of hydrogen-bond acceptors (Lipinski definition) is 0. The average Bonchev–Trinajstić information content (AvgIpc) is 3.17. The van der Waals surface area contributed by atoms with Crippen LogP contribution in [0.25, 0.3) is 11.1 Å². The molecule has 0 amide bonds. The van der Waals surface area contributed by atoms with E-state index in [2.05, 4.69) is 84.0 Å². The van der Waals surface area contributed by atoms with Crippen LogP contribution in [0.5, 0.6) is 0 Å². The van der Waals surface area contributed by atoms with Crippen molar-refractivity contribution in [2.24, 2.45) is 5.41 Å². The summed E-state index contributed by atoms with van der Waals surface area (Å²) in [6.07, 6.45) is 4.26. The molecule has 180 valence electrons. The van der Waals surface area contributed by atoms with Crippen molar-refractivity contribution in [1.29, 1.82) is 0 Å². The molecular formula is C30H38Cl2HfSi. The van der Waals surface area contributed by atoms with Gasteiger partial charge in [0.2, 0.25) is 0 Å². The van der Waals surface area contributed by atoms with Gasteiger partial charge in [0, 0.05) is 0 Å². The van der Waals surface area contributed by atoms with E-state index in [1.165, 1.54) is 25.3 Å². The Balaban J connectivity index is 0.00000162. The number of halogens is 2. The van der Waals surface area contributed by atoms with Crippen LogP contribution in [0.15, 0.2) is 62.5 Å². The van der Waals surface area contributed by atoms with Crippen LogP contribution in [-0.4, -0.2) is 8.07 Å². The summed E-state index contributed by atoms with van der Waals surface area (Å²) in [4.78, 5) is 0. The molecule has 3 aliphatic rings. The molecule has 0 saturated carbocycles. The van der Waals surface area contributed by atoms with Crippen molar-refractivity contribution in [2.75, 3.05) is 0 Å². The van der Waals surface area contributed by atoms with Crippen LogP contribution in [0, 0.1) is 5.41 Å². The van der Waals surface area contributed by atoms with E-state index in [1.54, 1.807) is 45.5 Å². The van der Waals surface area contributed by atoms with Crippen LogP contribution in [0.4, 0.5) is 0 Å². The maximum atomic E-state index is 2.56. The summed E-state index contributed by atoms with van der Waals surface area (Å²) < 4.78 is 3.65. The van der Waals surface area contributed by atoms with E-state index >= 15 is 0 Å². The monoisotopic (exact) mass is 676 g/mol. The van der Waals surface area contributed by atoms with Gasteiger partial charge >= 0.3 is 209 Å². The van der Waals surface area contributed by atoms with Crippen molar-refractivity contribution in [1.82, 2.24) is 0 Å². The van der Waals surface area contributed by atoms with Gasteiger partial charge in [-0.2, -0.15) is 0 Å². The Morgan fingerprint density at radius 3 is 2.18 bits per heavy atom. The maximum Gasteiger partial charge on any atom is -1.00 e. The third kappa shape index (κ3) is 4.23. The third-order valence-corrected chi connectivity index (χ3v) is 22.2. The quantitative estimate of drug-likeness (QED) is 0.413. The van der Waals surface area contributed by atoms with Gasteiger partial charge in [-0.3, -0.25) is 0 Å². The van der Waals surface area contributed by atoms with Crippen molar-refractivity contribution in [3.05, 3.63) is 73.6 Å². The van der Waals surface area contributed by atoms with Crippen LogP contribution in [0.2, 0.25) is 18.1 Å². The Kier molecular flexibility index (Phi) is 8.72.